The van der Waals surface area contributed by atoms with Crippen molar-refractivity contribution in [2.24, 2.45) is 0 Å². The molecule has 2 aromatic heterocycles. The first-order valence-electron chi connectivity index (χ1n) is 8.21. The maximum atomic E-state index is 13.0. The van der Waals surface area contributed by atoms with Gasteiger partial charge in [0, 0.05) is 32.2 Å². The van der Waals surface area contributed by atoms with E-state index in [1.165, 1.54) is 0 Å². The van der Waals surface area contributed by atoms with E-state index >= 15 is 0 Å². The summed E-state index contributed by atoms with van der Waals surface area (Å²) in [4.78, 5) is 27.0. The smallest absolute Gasteiger partial charge is 0.245 e. The zero-order valence-corrected chi connectivity index (χ0v) is 15.3. The molecule has 4 rings (SSSR count). The Morgan fingerprint density at radius 3 is 3.08 bits per heavy atom. The molecule has 0 saturated carbocycles. The van der Waals surface area contributed by atoms with E-state index in [-0.39, 0.29) is 24.4 Å². The molecular formula is C16H22ClN5OS. The lowest BCUT2D eigenvalue weighted by Gasteiger charge is -2.36. The van der Waals surface area contributed by atoms with Crippen LogP contribution in [0.15, 0.2) is 17.8 Å². The number of anilines is 1. The van der Waals surface area contributed by atoms with Crippen LogP contribution in [0.3, 0.4) is 0 Å². The highest BCUT2D eigenvalue weighted by Crippen LogP contribution is 2.32. The van der Waals surface area contributed by atoms with Crippen LogP contribution in [0.4, 0.5) is 5.82 Å². The summed E-state index contributed by atoms with van der Waals surface area (Å²) in [6, 6.07) is 2.34. The molecule has 0 aliphatic carbocycles. The van der Waals surface area contributed by atoms with Crippen molar-refractivity contribution in [3.8, 4) is 0 Å². The molecule has 2 saturated heterocycles. The number of fused-ring (bicyclic) bond motifs is 1. The molecule has 2 unspecified atom stereocenters. The number of carbonyl (C=O) groups excluding carboxylic acids is 1. The summed E-state index contributed by atoms with van der Waals surface area (Å²) in [5.41, 5.74) is 0. The molecule has 1 amide bonds. The summed E-state index contributed by atoms with van der Waals surface area (Å²) >= 11 is 1.62. The van der Waals surface area contributed by atoms with E-state index in [0.717, 1.165) is 55.1 Å². The van der Waals surface area contributed by atoms with Gasteiger partial charge in [0.2, 0.25) is 5.91 Å². The van der Waals surface area contributed by atoms with Crippen molar-refractivity contribution in [3.05, 3.63) is 17.8 Å². The lowest BCUT2D eigenvalue weighted by atomic mass is 10.1. The van der Waals surface area contributed by atoms with Crippen molar-refractivity contribution in [2.75, 3.05) is 31.1 Å². The maximum Gasteiger partial charge on any atom is 0.245 e. The number of hydrogen-bond donors (Lipinski definition) is 1. The van der Waals surface area contributed by atoms with Crippen LogP contribution in [0.25, 0.3) is 10.2 Å². The van der Waals surface area contributed by atoms with Crippen LogP contribution in [0, 0.1) is 0 Å². The molecule has 8 heteroatoms. The second-order valence-electron chi connectivity index (χ2n) is 6.33. The molecule has 2 fully saturated rings. The quantitative estimate of drug-likeness (QED) is 0.878. The van der Waals surface area contributed by atoms with E-state index in [4.69, 9.17) is 0 Å². The van der Waals surface area contributed by atoms with Gasteiger partial charge in [0.15, 0.2) is 0 Å². The van der Waals surface area contributed by atoms with Crippen LogP contribution in [0.5, 0.6) is 0 Å². The maximum absolute atomic E-state index is 13.0. The number of carbonyl (C=O) groups is 1. The first kappa shape index (κ1) is 17.4. The fraction of sp³-hybridized carbons (Fsp3) is 0.562. The van der Waals surface area contributed by atoms with Crippen molar-refractivity contribution in [3.63, 3.8) is 0 Å². The molecule has 2 aromatic rings. The van der Waals surface area contributed by atoms with Gasteiger partial charge in [-0.1, -0.05) is 0 Å². The van der Waals surface area contributed by atoms with Gasteiger partial charge < -0.3 is 15.1 Å². The zero-order valence-electron chi connectivity index (χ0n) is 13.6. The van der Waals surface area contributed by atoms with Crippen molar-refractivity contribution in [1.29, 1.82) is 0 Å². The molecule has 2 aliphatic heterocycles. The van der Waals surface area contributed by atoms with Gasteiger partial charge in [-0.3, -0.25) is 4.79 Å². The van der Waals surface area contributed by atoms with Gasteiger partial charge in [-0.2, -0.15) is 0 Å². The second-order valence-corrected chi connectivity index (χ2v) is 7.22. The van der Waals surface area contributed by atoms with Crippen molar-refractivity contribution >= 4 is 45.7 Å². The van der Waals surface area contributed by atoms with Gasteiger partial charge in [0.05, 0.1) is 5.39 Å². The van der Waals surface area contributed by atoms with Crippen LogP contribution >= 0.6 is 23.7 Å². The number of aromatic nitrogens is 2. The molecule has 0 aromatic carbocycles. The van der Waals surface area contributed by atoms with E-state index in [9.17, 15) is 4.79 Å². The van der Waals surface area contributed by atoms with Crippen LogP contribution in [-0.4, -0.2) is 59.0 Å². The Bertz CT molecular complexity index is 723. The van der Waals surface area contributed by atoms with E-state index in [1.807, 2.05) is 10.3 Å². The van der Waals surface area contributed by atoms with Gasteiger partial charge in [-0.05, 0) is 31.2 Å². The Balaban J connectivity index is 0.00000169. The Morgan fingerprint density at radius 1 is 1.38 bits per heavy atom. The molecule has 2 aliphatic rings. The molecule has 130 valence electrons. The monoisotopic (exact) mass is 367 g/mol. The number of thiophene rings is 1. The SMILES string of the molecule is CC1CN(C(=O)C2CCCN2c2ncnc3sccc23)CCN1.Cl. The highest BCUT2D eigenvalue weighted by molar-refractivity contribution is 7.16. The van der Waals surface area contributed by atoms with E-state index in [0.29, 0.717) is 6.04 Å². The largest absolute Gasteiger partial charge is 0.344 e. The highest BCUT2D eigenvalue weighted by atomic mass is 35.5. The average molecular weight is 368 g/mol. The lowest BCUT2D eigenvalue weighted by molar-refractivity contribution is -0.133. The molecule has 0 radical (unpaired) electrons. The van der Waals surface area contributed by atoms with Gasteiger partial charge in [-0.25, -0.2) is 9.97 Å². The van der Waals surface area contributed by atoms with Gasteiger partial charge in [0.25, 0.3) is 0 Å². The topological polar surface area (TPSA) is 61.4 Å². The summed E-state index contributed by atoms with van der Waals surface area (Å²) in [6.07, 6.45) is 3.56. The molecule has 4 heterocycles. The Labute approximate surface area is 151 Å². The average Bonchev–Trinajstić information content (AvgIpc) is 3.22. The molecule has 6 nitrogen and oxygen atoms in total. The molecule has 2 atom stereocenters. The number of piperazine rings is 1. The first-order chi connectivity index (χ1) is 11.2. The molecule has 24 heavy (non-hydrogen) atoms. The summed E-state index contributed by atoms with van der Waals surface area (Å²) < 4.78 is 0. The normalized spacial score (nSPS) is 24.2. The van der Waals surface area contributed by atoms with Crippen LogP contribution < -0.4 is 10.2 Å². The number of hydrogen-bond acceptors (Lipinski definition) is 6. The van der Waals surface area contributed by atoms with E-state index < -0.39 is 0 Å². The minimum Gasteiger partial charge on any atom is -0.344 e. The van der Waals surface area contributed by atoms with Gasteiger partial charge >= 0.3 is 0 Å². The molecule has 0 spiro atoms. The number of halogens is 1. The fourth-order valence-electron chi connectivity index (χ4n) is 3.63. The number of nitrogens with one attached hydrogen (secondary N) is 1. The minimum absolute atomic E-state index is 0. The summed E-state index contributed by atoms with van der Waals surface area (Å²) in [7, 11) is 0. The Morgan fingerprint density at radius 2 is 2.25 bits per heavy atom. The van der Waals surface area contributed by atoms with Gasteiger partial charge in [-0.15, -0.1) is 23.7 Å². The minimum atomic E-state index is -0.0849. The summed E-state index contributed by atoms with van der Waals surface area (Å²) in [5.74, 6) is 1.16. The van der Waals surface area contributed by atoms with Gasteiger partial charge in [0.1, 0.15) is 23.0 Å². The number of rotatable bonds is 2. The van der Waals surface area contributed by atoms with Crippen molar-refractivity contribution in [1.82, 2.24) is 20.2 Å². The number of amides is 1. The van der Waals surface area contributed by atoms with Crippen LogP contribution in [0.2, 0.25) is 0 Å². The predicted octanol–water partition coefficient (Wildman–Crippen LogP) is 1.90. The first-order valence-corrected chi connectivity index (χ1v) is 9.09. The third kappa shape index (κ3) is 3.08. The second kappa shape index (κ2) is 7.21. The Kier molecular flexibility index (Phi) is 5.22. The predicted molar refractivity (Wildman–Crippen MR) is 99.1 cm³/mol. The summed E-state index contributed by atoms with van der Waals surface area (Å²) in [6.45, 7) is 5.49. The standard InChI is InChI=1S/C16H21N5OS.ClH/c1-11-9-20(7-5-17-11)16(22)13-3-2-6-21(13)14-12-4-8-23-15(12)19-10-18-14;/h4,8,10-11,13,17H,2-3,5-7,9H2,1H3;1H. The van der Waals surface area contributed by atoms with E-state index in [1.54, 1.807) is 17.7 Å². The third-order valence-corrected chi connectivity index (χ3v) is 5.55. The number of nitrogens with zero attached hydrogens (tertiary/aromatic N) is 4. The highest BCUT2D eigenvalue weighted by Gasteiger charge is 2.36. The fourth-order valence-corrected chi connectivity index (χ4v) is 4.35. The van der Waals surface area contributed by atoms with Crippen LogP contribution in [0.1, 0.15) is 19.8 Å². The van der Waals surface area contributed by atoms with Crippen LogP contribution in [-0.2, 0) is 4.79 Å². The zero-order chi connectivity index (χ0) is 15.8. The lowest BCUT2D eigenvalue weighted by Crippen LogP contribution is -2.55. The van der Waals surface area contributed by atoms with Crippen molar-refractivity contribution in [2.45, 2.75) is 31.8 Å². The molecule has 1 N–H and O–H groups in total. The van der Waals surface area contributed by atoms with E-state index in [2.05, 4.69) is 33.2 Å². The third-order valence-electron chi connectivity index (χ3n) is 4.73. The molecule has 0 bridgehead atoms. The van der Waals surface area contributed by atoms with Crippen molar-refractivity contribution < 1.29 is 4.79 Å². The molecular weight excluding hydrogens is 346 g/mol. The Hall–Kier alpha value is -1.44. The summed E-state index contributed by atoms with van der Waals surface area (Å²) in [5, 5.41) is 6.49.